The zero-order valence-electron chi connectivity index (χ0n) is 13.6. The predicted octanol–water partition coefficient (Wildman–Crippen LogP) is 0.165. The summed E-state index contributed by atoms with van der Waals surface area (Å²) in [6.07, 6.45) is 0. The molecule has 0 atom stereocenters. The van der Waals surface area contributed by atoms with Gasteiger partial charge in [0.2, 0.25) is 0 Å². The monoisotopic (exact) mass is 314 g/mol. The van der Waals surface area contributed by atoms with Crippen molar-refractivity contribution in [2.75, 3.05) is 31.1 Å². The molecule has 1 aliphatic rings. The molecule has 1 aromatic carbocycles. The number of rotatable bonds is 4. The first-order chi connectivity index (χ1) is 11.0. The van der Waals surface area contributed by atoms with E-state index in [1.807, 2.05) is 6.92 Å². The third-order valence-electron chi connectivity index (χ3n) is 4.50. The second kappa shape index (κ2) is 6.46. The molecule has 1 aromatic heterocycles. The molecule has 1 aliphatic heterocycles. The zero-order chi connectivity index (χ0) is 16.4. The van der Waals surface area contributed by atoms with Crippen LogP contribution < -0.4 is 14.9 Å². The van der Waals surface area contributed by atoms with Crippen LogP contribution in [0, 0.1) is 13.8 Å². The Bertz CT molecular complexity index is 700. The molecule has 1 N–H and O–H groups in total. The summed E-state index contributed by atoms with van der Waals surface area (Å²) >= 11 is 0. The van der Waals surface area contributed by atoms with E-state index in [0.29, 0.717) is 5.76 Å². The Balaban J connectivity index is 1.60. The van der Waals surface area contributed by atoms with Gasteiger partial charge in [-0.3, -0.25) is 0 Å². The van der Waals surface area contributed by atoms with Gasteiger partial charge in [-0.05, 0) is 37.6 Å². The summed E-state index contributed by atoms with van der Waals surface area (Å²) in [6, 6.07) is 10.2. The minimum Gasteiger partial charge on any atom is -0.542 e. The number of benzene rings is 1. The van der Waals surface area contributed by atoms with E-state index in [-0.39, 0.29) is 5.76 Å². The summed E-state index contributed by atoms with van der Waals surface area (Å²) < 4.78 is 5.24. The highest BCUT2D eigenvalue weighted by molar-refractivity contribution is 5.82. The van der Waals surface area contributed by atoms with Crippen molar-refractivity contribution in [2.45, 2.75) is 20.4 Å². The number of anilines is 1. The van der Waals surface area contributed by atoms with E-state index in [1.54, 1.807) is 6.07 Å². The van der Waals surface area contributed by atoms with Gasteiger partial charge >= 0.3 is 0 Å². The Hall–Kier alpha value is -2.27. The topological polar surface area (TPSA) is 61.0 Å². The highest BCUT2D eigenvalue weighted by atomic mass is 16.4. The Labute approximate surface area is 136 Å². The van der Waals surface area contributed by atoms with Gasteiger partial charge in [-0.1, -0.05) is 12.1 Å². The molecule has 0 spiro atoms. The van der Waals surface area contributed by atoms with E-state index < -0.39 is 5.97 Å². The van der Waals surface area contributed by atoms with Crippen LogP contribution in [-0.2, 0) is 6.54 Å². The van der Waals surface area contributed by atoms with Gasteiger partial charge in [0.1, 0.15) is 24.0 Å². The third-order valence-corrected chi connectivity index (χ3v) is 4.50. The van der Waals surface area contributed by atoms with Crippen LogP contribution in [0.3, 0.4) is 0 Å². The molecule has 0 amide bonds. The van der Waals surface area contributed by atoms with Crippen molar-refractivity contribution in [3.05, 3.63) is 53.0 Å². The molecule has 3 rings (SSSR count). The number of hydrogen-bond donors (Lipinski definition) is 1. The van der Waals surface area contributed by atoms with E-state index in [2.05, 4.69) is 36.1 Å². The SMILES string of the molecule is Cc1cccc(N2CC[NH+](Cc3cc(C(=O)[O-])oc3C)CC2)c1. The molecule has 0 bridgehead atoms. The molecule has 0 aliphatic carbocycles. The molecular formula is C18H22N2O3. The van der Waals surface area contributed by atoms with Crippen molar-refractivity contribution >= 4 is 11.7 Å². The number of carboxylic acid groups (broad SMARTS) is 1. The van der Waals surface area contributed by atoms with Crippen LogP contribution in [0.15, 0.2) is 34.7 Å². The Kier molecular flexibility index (Phi) is 4.39. The summed E-state index contributed by atoms with van der Waals surface area (Å²) in [6.45, 7) is 8.78. The van der Waals surface area contributed by atoms with Crippen molar-refractivity contribution in [1.82, 2.24) is 0 Å². The fourth-order valence-electron chi connectivity index (χ4n) is 3.15. The van der Waals surface area contributed by atoms with Gasteiger partial charge in [-0.15, -0.1) is 0 Å². The van der Waals surface area contributed by atoms with Gasteiger partial charge in [-0.25, -0.2) is 0 Å². The molecular weight excluding hydrogens is 292 g/mol. The summed E-state index contributed by atoms with van der Waals surface area (Å²) in [5, 5.41) is 10.9. The summed E-state index contributed by atoms with van der Waals surface area (Å²) in [5.41, 5.74) is 3.52. The molecule has 0 saturated carbocycles. The number of quaternary nitrogens is 1. The van der Waals surface area contributed by atoms with Crippen LogP contribution >= 0.6 is 0 Å². The highest BCUT2D eigenvalue weighted by Crippen LogP contribution is 2.16. The Morgan fingerprint density at radius 3 is 2.61 bits per heavy atom. The van der Waals surface area contributed by atoms with E-state index >= 15 is 0 Å². The first-order valence-corrected chi connectivity index (χ1v) is 7.99. The number of furan rings is 1. The molecule has 5 heteroatoms. The van der Waals surface area contributed by atoms with Crippen LogP contribution in [0.2, 0.25) is 0 Å². The smallest absolute Gasteiger partial charge is 0.150 e. The Morgan fingerprint density at radius 2 is 2.00 bits per heavy atom. The molecule has 5 nitrogen and oxygen atoms in total. The summed E-state index contributed by atoms with van der Waals surface area (Å²) in [4.78, 5) is 14.7. The van der Waals surface area contributed by atoms with Crippen LogP contribution in [0.25, 0.3) is 0 Å². The van der Waals surface area contributed by atoms with Gasteiger partial charge in [0.25, 0.3) is 0 Å². The molecule has 122 valence electrons. The number of aryl methyl sites for hydroxylation is 2. The number of hydrogen-bond acceptors (Lipinski definition) is 4. The first-order valence-electron chi connectivity index (χ1n) is 7.99. The number of nitrogens with one attached hydrogen (secondary N) is 1. The summed E-state index contributed by atoms with van der Waals surface area (Å²) in [7, 11) is 0. The van der Waals surface area contributed by atoms with Gasteiger partial charge in [0, 0.05) is 11.3 Å². The molecule has 23 heavy (non-hydrogen) atoms. The van der Waals surface area contributed by atoms with Crippen molar-refractivity contribution in [2.24, 2.45) is 0 Å². The molecule has 2 heterocycles. The highest BCUT2D eigenvalue weighted by Gasteiger charge is 2.22. The zero-order valence-corrected chi connectivity index (χ0v) is 13.6. The maximum atomic E-state index is 10.9. The van der Waals surface area contributed by atoms with Crippen molar-refractivity contribution < 1.29 is 19.2 Å². The maximum absolute atomic E-state index is 10.9. The molecule has 2 aromatic rings. The fourth-order valence-corrected chi connectivity index (χ4v) is 3.15. The minimum atomic E-state index is -1.25. The van der Waals surface area contributed by atoms with Crippen LogP contribution in [-0.4, -0.2) is 32.1 Å². The van der Waals surface area contributed by atoms with Gasteiger partial charge in [0.15, 0.2) is 0 Å². The molecule has 1 fully saturated rings. The lowest BCUT2D eigenvalue weighted by molar-refractivity contribution is -0.914. The van der Waals surface area contributed by atoms with E-state index in [4.69, 9.17) is 4.42 Å². The number of aromatic carboxylic acids is 1. The number of carboxylic acids is 1. The molecule has 0 radical (unpaired) electrons. The van der Waals surface area contributed by atoms with Crippen LogP contribution in [0.4, 0.5) is 5.69 Å². The van der Waals surface area contributed by atoms with Crippen molar-refractivity contribution in [1.29, 1.82) is 0 Å². The van der Waals surface area contributed by atoms with Gasteiger partial charge < -0.3 is 24.1 Å². The van der Waals surface area contributed by atoms with Crippen molar-refractivity contribution in [3.8, 4) is 0 Å². The number of nitrogens with zero attached hydrogens (tertiary/aromatic N) is 1. The normalized spacial score (nSPS) is 15.8. The van der Waals surface area contributed by atoms with Gasteiger partial charge in [-0.2, -0.15) is 0 Å². The fraction of sp³-hybridized carbons (Fsp3) is 0.389. The lowest BCUT2D eigenvalue weighted by Gasteiger charge is -2.33. The van der Waals surface area contributed by atoms with Crippen molar-refractivity contribution in [3.63, 3.8) is 0 Å². The standard InChI is InChI=1S/C18H22N2O3/c1-13-4-3-5-16(10-13)20-8-6-19(7-9-20)12-15-11-17(18(21)22)23-14(15)2/h3-5,10-11H,6-9,12H2,1-2H3,(H,21,22). The third kappa shape index (κ3) is 3.56. The number of carbonyl (C=O) groups is 1. The average molecular weight is 314 g/mol. The maximum Gasteiger partial charge on any atom is 0.150 e. The molecule has 0 unspecified atom stereocenters. The van der Waals surface area contributed by atoms with Crippen LogP contribution in [0.1, 0.15) is 27.4 Å². The van der Waals surface area contributed by atoms with E-state index in [1.165, 1.54) is 16.2 Å². The lowest BCUT2D eigenvalue weighted by atomic mass is 10.1. The summed E-state index contributed by atoms with van der Waals surface area (Å²) in [5.74, 6) is -0.647. The van der Waals surface area contributed by atoms with Gasteiger partial charge in [0.05, 0.1) is 26.2 Å². The number of piperazine rings is 1. The predicted molar refractivity (Wildman–Crippen MR) is 85.6 cm³/mol. The van der Waals surface area contributed by atoms with E-state index in [9.17, 15) is 9.90 Å². The quantitative estimate of drug-likeness (QED) is 0.874. The van der Waals surface area contributed by atoms with E-state index in [0.717, 1.165) is 38.3 Å². The van der Waals surface area contributed by atoms with Crippen LogP contribution in [0.5, 0.6) is 0 Å². The largest absolute Gasteiger partial charge is 0.542 e. The second-order valence-corrected chi connectivity index (χ2v) is 6.23. The number of carbonyl (C=O) groups excluding carboxylic acids is 1. The Morgan fingerprint density at radius 1 is 1.26 bits per heavy atom. The molecule has 1 saturated heterocycles. The first kappa shape index (κ1) is 15.6. The lowest BCUT2D eigenvalue weighted by Crippen LogP contribution is -3.13. The average Bonchev–Trinajstić information content (AvgIpc) is 2.89. The minimum absolute atomic E-state index is 0.0738. The second-order valence-electron chi connectivity index (χ2n) is 6.23.